The average Bonchev–Trinajstić information content (AvgIpc) is 3.07. The largest absolute Gasteiger partial charge is 0.342 e. The zero-order chi connectivity index (χ0) is 17.2. The Balaban J connectivity index is 1.71. The zero-order valence-corrected chi connectivity index (χ0v) is 15.4. The highest BCUT2D eigenvalue weighted by Gasteiger charge is 2.27. The van der Waals surface area contributed by atoms with Gasteiger partial charge < -0.3 is 9.95 Å². The van der Waals surface area contributed by atoms with Gasteiger partial charge in [0.1, 0.15) is 5.03 Å². The number of hydrogen-bond donors (Lipinski definition) is 1. The van der Waals surface area contributed by atoms with Crippen LogP contribution in [0.5, 0.6) is 0 Å². The number of allylic oxidation sites excluding steroid dienone is 2. The van der Waals surface area contributed by atoms with Gasteiger partial charge in [0.15, 0.2) is 0 Å². The van der Waals surface area contributed by atoms with Gasteiger partial charge >= 0.3 is 0 Å². The molecule has 0 amide bonds. The Kier molecular flexibility index (Phi) is 4.87. The van der Waals surface area contributed by atoms with Gasteiger partial charge in [-0.15, -0.1) is 11.8 Å². The Morgan fingerprint density at radius 2 is 2.00 bits per heavy atom. The van der Waals surface area contributed by atoms with Crippen molar-refractivity contribution in [2.24, 2.45) is 0 Å². The summed E-state index contributed by atoms with van der Waals surface area (Å²) >= 11 is 8.11. The molecule has 5 nitrogen and oxygen atoms in total. The molecule has 0 unspecified atom stereocenters. The summed E-state index contributed by atoms with van der Waals surface area (Å²) in [7, 11) is 0. The topological polar surface area (TPSA) is 54.2 Å². The smallest absolute Gasteiger partial charge is 0.214 e. The molecule has 0 radical (unpaired) electrons. The lowest BCUT2D eigenvalue weighted by Gasteiger charge is -2.40. The molecule has 2 heterocycles. The van der Waals surface area contributed by atoms with Gasteiger partial charge in [-0.2, -0.15) is 4.98 Å². The summed E-state index contributed by atoms with van der Waals surface area (Å²) in [5, 5.41) is 7.70. The fourth-order valence-electron chi connectivity index (χ4n) is 2.25. The van der Waals surface area contributed by atoms with Crippen LogP contribution in [0.4, 0.5) is 0 Å². The third-order valence-electron chi connectivity index (χ3n) is 3.46. The second kappa shape index (κ2) is 6.91. The van der Waals surface area contributed by atoms with Crippen molar-refractivity contribution < 1.29 is 4.52 Å². The van der Waals surface area contributed by atoms with Crippen molar-refractivity contribution in [1.29, 1.82) is 0 Å². The minimum Gasteiger partial charge on any atom is -0.342 e. The van der Waals surface area contributed by atoms with Crippen LogP contribution in [-0.4, -0.2) is 20.7 Å². The van der Waals surface area contributed by atoms with E-state index in [1.165, 1.54) is 12.0 Å². The lowest BCUT2D eigenvalue weighted by atomic mass is 10.1. The molecule has 2 aromatic rings. The van der Waals surface area contributed by atoms with E-state index in [-0.39, 0.29) is 5.54 Å². The number of nitrogens with zero attached hydrogens (tertiary/aromatic N) is 3. The van der Waals surface area contributed by atoms with Crippen LogP contribution in [0, 0.1) is 0 Å². The minimum atomic E-state index is -0.0737. The molecule has 126 valence electrons. The molecule has 0 bridgehead atoms. The van der Waals surface area contributed by atoms with Gasteiger partial charge in [-0.25, -0.2) is 0 Å². The number of hydrazine groups is 1. The second-order valence-corrected chi connectivity index (χ2v) is 7.73. The summed E-state index contributed by atoms with van der Waals surface area (Å²) in [6.45, 7) is 6.43. The van der Waals surface area contributed by atoms with Gasteiger partial charge in [-0.3, -0.25) is 5.01 Å². The molecule has 0 spiro atoms. The van der Waals surface area contributed by atoms with Crippen molar-refractivity contribution in [1.82, 2.24) is 20.6 Å². The van der Waals surface area contributed by atoms with E-state index in [2.05, 4.69) is 53.5 Å². The summed E-state index contributed by atoms with van der Waals surface area (Å²) in [5.41, 5.74) is 5.33. The van der Waals surface area contributed by atoms with Gasteiger partial charge in [-0.1, -0.05) is 41.0 Å². The first kappa shape index (κ1) is 16.9. The highest BCUT2D eigenvalue weighted by Crippen LogP contribution is 2.35. The van der Waals surface area contributed by atoms with E-state index in [1.54, 1.807) is 11.8 Å². The Morgan fingerprint density at radius 1 is 1.25 bits per heavy atom. The van der Waals surface area contributed by atoms with Crippen LogP contribution >= 0.6 is 23.4 Å². The van der Waals surface area contributed by atoms with Gasteiger partial charge in [-0.05, 0) is 32.4 Å². The number of aromatic nitrogens is 2. The number of thioether (sulfide) groups is 1. The van der Waals surface area contributed by atoms with E-state index in [9.17, 15) is 0 Å². The standard InChI is InChI=1S/C17H19ClN4OS/c1-17(2,3)22-16(14(18)8-9-20-22)24-10-12-4-6-13(7-5-12)15-19-11-23-21-15/h4-9,11,20H,10H2,1-3H3. The molecule has 0 saturated carbocycles. The second-order valence-electron chi connectivity index (χ2n) is 6.36. The highest BCUT2D eigenvalue weighted by molar-refractivity contribution is 8.02. The maximum atomic E-state index is 6.41. The SMILES string of the molecule is CC(C)(C)N1NC=CC(Cl)=C1SCc1ccc(-c2ncon2)cc1. The molecule has 0 fully saturated rings. The van der Waals surface area contributed by atoms with Crippen LogP contribution in [0.3, 0.4) is 0 Å². The van der Waals surface area contributed by atoms with Crippen molar-refractivity contribution in [2.45, 2.75) is 32.1 Å². The number of hydrogen-bond acceptors (Lipinski definition) is 6. The first-order valence-electron chi connectivity index (χ1n) is 7.56. The van der Waals surface area contributed by atoms with Crippen molar-refractivity contribution >= 4 is 23.4 Å². The van der Waals surface area contributed by atoms with Gasteiger partial charge in [0.25, 0.3) is 0 Å². The molecule has 1 aromatic carbocycles. The predicted octanol–water partition coefficient (Wildman–Crippen LogP) is 4.51. The van der Waals surface area contributed by atoms with E-state index in [0.29, 0.717) is 5.82 Å². The Bertz CT molecular complexity index is 748. The molecular formula is C17H19ClN4OS. The lowest BCUT2D eigenvalue weighted by Crippen LogP contribution is -2.48. The minimum absolute atomic E-state index is 0.0737. The van der Waals surface area contributed by atoms with Crippen molar-refractivity contribution in [3.8, 4) is 11.4 Å². The fourth-order valence-corrected chi connectivity index (χ4v) is 3.72. The first-order chi connectivity index (χ1) is 11.4. The van der Waals surface area contributed by atoms with Crippen LogP contribution in [0.1, 0.15) is 26.3 Å². The maximum Gasteiger partial charge on any atom is 0.214 e. The predicted molar refractivity (Wildman–Crippen MR) is 97.8 cm³/mol. The van der Waals surface area contributed by atoms with E-state index in [1.807, 2.05) is 24.4 Å². The van der Waals surface area contributed by atoms with Crippen LogP contribution in [0.15, 0.2) is 57.5 Å². The number of halogens is 1. The molecule has 1 aromatic heterocycles. The van der Waals surface area contributed by atoms with Crippen LogP contribution in [-0.2, 0) is 5.75 Å². The number of rotatable bonds is 4. The summed E-state index contributed by atoms with van der Waals surface area (Å²) < 4.78 is 4.78. The monoisotopic (exact) mass is 362 g/mol. The Labute approximate surface area is 150 Å². The molecule has 24 heavy (non-hydrogen) atoms. The zero-order valence-electron chi connectivity index (χ0n) is 13.8. The van der Waals surface area contributed by atoms with Crippen molar-refractivity contribution in [3.05, 3.63) is 58.6 Å². The van der Waals surface area contributed by atoms with Crippen LogP contribution in [0.25, 0.3) is 11.4 Å². The van der Waals surface area contributed by atoms with E-state index >= 15 is 0 Å². The van der Waals surface area contributed by atoms with Gasteiger partial charge in [0, 0.05) is 17.5 Å². The molecule has 1 aliphatic rings. The summed E-state index contributed by atoms with van der Waals surface area (Å²) in [6.07, 6.45) is 5.07. The molecule has 0 saturated heterocycles. The average molecular weight is 363 g/mol. The Morgan fingerprint density at radius 3 is 2.62 bits per heavy atom. The Hall–Kier alpha value is -1.92. The fraction of sp³-hybridized carbons (Fsp3) is 0.294. The summed E-state index contributed by atoms with van der Waals surface area (Å²) in [4.78, 5) is 4.05. The van der Waals surface area contributed by atoms with Gasteiger partial charge in [0.2, 0.25) is 12.2 Å². The molecule has 3 rings (SSSR count). The molecule has 1 aliphatic heterocycles. The summed E-state index contributed by atoms with van der Waals surface area (Å²) in [5.74, 6) is 1.42. The third kappa shape index (κ3) is 3.76. The number of nitrogens with one attached hydrogen (secondary N) is 1. The lowest BCUT2D eigenvalue weighted by molar-refractivity contribution is 0.153. The maximum absolute atomic E-state index is 6.41. The van der Waals surface area contributed by atoms with Crippen molar-refractivity contribution in [3.63, 3.8) is 0 Å². The third-order valence-corrected chi connectivity index (χ3v) is 5.03. The van der Waals surface area contributed by atoms with Crippen LogP contribution in [0.2, 0.25) is 0 Å². The first-order valence-corrected chi connectivity index (χ1v) is 8.93. The molecule has 0 atom stereocenters. The summed E-state index contributed by atoms with van der Waals surface area (Å²) in [6, 6.07) is 8.13. The van der Waals surface area contributed by atoms with Gasteiger partial charge in [0.05, 0.1) is 10.6 Å². The molecule has 1 N–H and O–H groups in total. The van der Waals surface area contributed by atoms with E-state index < -0.39 is 0 Å². The molecule has 0 aliphatic carbocycles. The quantitative estimate of drug-likeness (QED) is 0.863. The van der Waals surface area contributed by atoms with Crippen molar-refractivity contribution in [2.75, 3.05) is 0 Å². The van der Waals surface area contributed by atoms with Crippen LogP contribution < -0.4 is 5.43 Å². The highest BCUT2D eigenvalue weighted by atomic mass is 35.5. The van der Waals surface area contributed by atoms with E-state index in [4.69, 9.17) is 16.1 Å². The molecule has 7 heteroatoms. The normalized spacial score (nSPS) is 14.9. The number of benzene rings is 1. The molecular weight excluding hydrogens is 344 g/mol. The van der Waals surface area contributed by atoms with E-state index in [0.717, 1.165) is 21.4 Å².